The quantitative estimate of drug-likeness (QED) is 0.743. The summed E-state index contributed by atoms with van der Waals surface area (Å²) in [6, 6.07) is 10.3. The van der Waals surface area contributed by atoms with E-state index in [0.29, 0.717) is 16.9 Å². The van der Waals surface area contributed by atoms with Gasteiger partial charge in [-0.1, -0.05) is 12.1 Å². The fourth-order valence-electron chi connectivity index (χ4n) is 2.28. The van der Waals surface area contributed by atoms with Gasteiger partial charge >= 0.3 is 12.1 Å². The van der Waals surface area contributed by atoms with Crippen molar-refractivity contribution in [3.8, 4) is 16.9 Å². The van der Waals surface area contributed by atoms with Gasteiger partial charge in [0.05, 0.1) is 12.1 Å². The first-order chi connectivity index (χ1) is 12.6. The minimum absolute atomic E-state index is 0.0202. The molecule has 2 aromatic carbocycles. The number of amides is 1. The highest BCUT2D eigenvalue weighted by Gasteiger charge is 2.15. The maximum Gasteiger partial charge on any atom is 0.407 e. The summed E-state index contributed by atoms with van der Waals surface area (Å²) in [6.45, 7) is 5.57. The molecule has 0 aliphatic carbocycles. The van der Waals surface area contributed by atoms with Gasteiger partial charge in [-0.25, -0.2) is 14.0 Å². The third-order valence-corrected chi connectivity index (χ3v) is 3.35. The molecule has 0 fully saturated rings. The van der Waals surface area contributed by atoms with E-state index < -0.39 is 23.5 Å². The number of benzene rings is 2. The summed E-state index contributed by atoms with van der Waals surface area (Å²) in [4.78, 5) is 22.9. The summed E-state index contributed by atoms with van der Waals surface area (Å²) >= 11 is 0. The molecule has 6 nitrogen and oxygen atoms in total. The Labute approximate surface area is 156 Å². The average Bonchev–Trinajstić information content (AvgIpc) is 2.57. The topological polar surface area (TPSA) is 84.9 Å². The Balaban J connectivity index is 2.06. The lowest BCUT2D eigenvalue weighted by atomic mass is 10.0. The number of ether oxygens (including phenoxy) is 2. The first-order valence-electron chi connectivity index (χ1n) is 8.38. The molecule has 0 bridgehead atoms. The van der Waals surface area contributed by atoms with E-state index in [9.17, 15) is 19.1 Å². The number of aromatic carboxylic acids is 1. The van der Waals surface area contributed by atoms with Crippen molar-refractivity contribution < 1.29 is 28.6 Å². The number of halogens is 1. The van der Waals surface area contributed by atoms with Crippen LogP contribution in [0.3, 0.4) is 0 Å². The first kappa shape index (κ1) is 20.2. The maximum atomic E-state index is 13.5. The third-order valence-electron chi connectivity index (χ3n) is 3.35. The van der Waals surface area contributed by atoms with Gasteiger partial charge in [0.2, 0.25) is 0 Å². The predicted molar refractivity (Wildman–Crippen MR) is 98.5 cm³/mol. The molecule has 0 aromatic heterocycles. The fourth-order valence-corrected chi connectivity index (χ4v) is 2.28. The van der Waals surface area contributed by atoms with E-state index in [1.807, 2.05) is 0 Å². The molecular formula is C20H22FNO5. The van der Waals surface area contributed by atoms with Gasteiger partial charge in [0.15, 0.2) is 0 Å². The number of carbonyl (C=O) groups excluding carboxylic acids is 1. The lowest BCUT2D eigenvalue weighted by molar-refractivity contribution is 0.0520. The Hall–Kier alpha value is -3.09. The van der Waals surface area contributed by atoms with Crippen molar-refractivity contribution in [3.63, 3.8) is 0 Å². The first-order valence-corrected chi connectivity index (χ1v) is 8.38. The Morgan fingerprint density at radius 1 is 1.11 bits per heavy atom. The highest BCUT2D eigenvalue weighted by atomic mass is 19.1. The number of carbonyl (C=O) groups is 2. The minimum atomic E-state index is -1.12. The van der Waals surface area contributed by atoms with Gasteiger partial charge in [0.1, 0.15) is 23.8 Å². The molecule has 144 valence electrons. The SMILES string of the molecule is CC(C)(C)OC(=O)NCCOc1cc(C(=O)O)cc(-c2cccc(F)c2)c1. The molecule has 0 saturated carbocycles. The molecule has 0 saturated heterocycles. The van der Waals surface area contributed by atoms with Gasteiger partial charge in [0.25, 0.3) is 0 Å². The summed E-state index contributed by atoms with van der Waals surface area (Å²) in [7, 11) is 0. The Morgan fingerprint density at radius 3 is 2.48 bits per heavy atom. The van der Waals surface area contributed by atoms with Crippen LogP contribution in [0.25, 0.3) is 11.1 Å². The van der Waals surface area contributed by atoms with E-state index in [1.54, 1.807) is 39.0 Å². The third kappa shape index (κ3) is 6.62. The van der Waals surface area contributed by atoms with E-state index >= 15 is 0 Å². The number of carboxylic acid groups (broad SMARTS) is 1. The molecule has 0 aliphatic heterocycles. The van der Waals surface area contributed by atoms with Crippen molar-refractivity contribution in [1.82, 2.24) is 5.32 Å². The molecule has 2 rings (SSSR count). The van der Waals surface area contributed by atoms with E-state index in [1.165, 1.54) is 24.3 Å². The number of hydrogen-bond acceptors (Lipinski definition) is 4. The summed E-state index contributed by atoms with van der Waals surface area (Å²) in [5.74, 6) is -1.23. The molecule has 0 heterocycles. The molecule has 2 N–H and O–H groups in total. The van der Waals surface area contributed by atoms with Crippen LogP contribution in [-0.4, -0.2) is 35.9 Å². The molecule has 0 unspecified atom stereocenters. The van der Waals surface area contributed by atoms with Crippen LogP contribution < -0.4 is 10.1 Å². The molecule has 0 radical (unpaired) electrons. The van der Waals surface area contributed by atoms with Crippen molar-refractivity contribution in [3.05, 3.63) is 53.8 Å². The van der Waals surface area contributed by atoms with Crippen LogP contribution in [0.2, 0.25) is 0 Å². The number of nitrogens with one attached hydrogen (secondary N) is 1. The number of alkyl carbamates (subject to hydrolysis) is 1. The Morgan fingerprint density at radius 2 is 1.85 bits per heavy atom. The summed E-state index contributed by atoms with van der Waals surface area (Å²) in [6.07, 6.45) is -0.564. The van der Waals surface area contributed by atoms with Crippen LogP contribution in [0.5, 0.6) is 5.75 Å². The largest absolute Gasteiger partial charge is 0.492 e. The van der Waals surface area contributed by atoms with E-state index in [0.717, 1.165) is 0 Å². The van der Waals surface area contributed by atoms with Gasteiger partial charge in [-0.15, -0.1) is 0 Å². The van der Waals surface area contributed by atoms with Gasteiger partial charge in [-0.05, 0) is 62.2 Å². The van der Waals surface area contributed by atoms with Crippen molar-refractivity contribution in [2.75, 3.05) is 13.2 Å². The second kappa shape index (κ2) is 8.53. The lowest BCUT2D eigenvalue weighted by Gasteiger charge is -2.19. The van der Waals surface area contributed by atoms with Gasteiger partial charge in [0, 0.05) is 0 Å². The van der Waals surface area contributed by atoms with Crippen molar-refractivity contribution in [2.24, 2.45) is 0 Å². The molecular weight excluding hydrogens is 353 g/mol. The van der Waals surface area contributed by atoms with Crippen LogP contribution in [-0.2, 0) is 4.74 Å². The average molecular weight is 375 g/mol. The molecule has 7 heteroatoms. The zero-order valence-corrected chi connectivity index (χ0v) is 15.4. The lowest BCUT2D eigenvalue weighted by Crippen LogP contribution is -2.34. The second-order valence-electron chi connectivity index (χ2n) is 6.84. The Kier molecular flexibility index (Phi) is 6.39. The number of rotatable bonds is 6. The predicted octanol–water partition coefficient (Wildman–Crippen LogP) is 4.09. The smallest absolute Gasteiger partial charge is 0.407 e. The van der Waals surface area contributed by atoms with Crippen molar-refractivity contribution in [1.29, 1.82) is 0 Å². The van der Waals surface area contributed by atoms with Crippen LogP contribution in [0.4, 0.5) is 9.18 Å². The van der Waals surface area contributed by atoms with Crippen LogP contribution in [0, 0.1) is 5.82 Å². The van der Waals surface area contributed by atoms with Crippen LogP contribution in [0.15, 0.2) is 42.5 Å². The summed E-state index contributed by atoms with van der Waals surface area (Å²) < 4.78 is 24.1. The molecule has 27 heavy (non-hydrogen) atoms. The van der Waals surface area contributed by atoms with Crippen LogP contribution in [0.1, 0.15) is 31.1 Å². The highest BCUT2D eigenvalue weighted by molar-refractivity contribution is 5.90. The molecule has 1 amide bonds. The number of carboxylic acids is 1. The van der Waals surface area contributed by atoms with E-state index in [-0.39, 0.29) is 18.7 Å². The van der Waals surface area contributed by atoms with E-state index in [4.69, 9.17) is 9.47 Å². The fraction of sp³-hybridized carbons (Fsp3) is 0.300. The molecule has 0 spiro atoms. The van der Waals surface area contributed by atoms with E-state index in [2.05, 4.69) is 5.32 Å². The summed E-state index contributed by atoms with van der Waals surface area (Å²) in [5, 5.41) is 11.8. The highest BCUT2D eigenvalue weighted by Crippen LogP contribution is 2.27. The summed E-state index contributed by atoms with van der Waals surface area (Å²) in [5.41, 5.74) is 0.479. The Bertz CT molecular complexity index is 829. The van der Waals surface area contributed by atoms with Crippen molar-refractivity contribution >= 4 is 12.1 Å². The maximum absolute atomic E-state index is 13.5. The van der Waals surface area contributed by atoms with Crippen molar-refractivity contribution in [2.45, 2.75) is 26.4 Å². The molecule has 2 aromatic rings. The molecule has 0 atom stereocenters. The van der Waals surface area contributed by atoms with Gasteiger partial charge in [-0.2, -0.15) is 0 Å². The second-order valence-corrected chi connectivity index (χ2v) is 6.84. The zero-order valence-electron chi connectivity index (χ0n) is 15.4. The standard InChI is InChI=1S/C20H22FNO5/c1-20(2,3)27-19(25)22-7-8-26-17-11-14(9-15(12-17)18(23)24)13-5-4-6-16(21)10-13/h4-6,9-12H,7-8H2,1-3H3,(H,22,25)(H,23,24). The number of hydrogen-bond donors (Lipinski definition) is 2. The van der Waals surface area contributed by atoms with Gasteiger partial charge < -0.3 is 19.9 Å². The van der Waals surface area contributed by atoms with Crippen LogP contribution >= 0.6 is 0 Å². The monoisotopic (exact) mass is 375 g/mol. The zero-order chi connectivity index (χ0) is 20.0. The normalized spacial score (nSPS) is 11.0. The minimum Gasteiger partial charge on any atom is -0.492 e. The molecule has 0 aliphatic rings. The van der Waals surface area contributed by atoms with Gasteiger partial charge in [-0.3, -0.25) is 0 Å².